The van der Waals surface area contributed by atoms with E-state index in [9.17, 15) is 18.0 Å². The van der Waals surface area contributed by atoms with E-state index in [1.54, 1.807) is 18.3 Å². The van der Waals surface area contributed by atoms with Gasteiger partial charge in [0.15, 0.2) is 0 Å². The van der Waals surface area contributed by atoms with Crippen molar-refractivity contribution in [3.63, 3.8) is 0 Å². The number of carbonyl (C=O) groups is 1. The van der Waals surface area contributed by atoms with E-state index >= 15 is 0 Å². The highest BCUT2D eigenvalue weighted by molar-refractivity contribution is 5.88. The number of halogens is 3. The predicted octanol–water partition coefficient (Wildman–Crippen LogP) is 4.16. The summed E-state index contributed by atoms with van der Waals surface area (Å²) in [6.45, 7) is 0.304. The van der Waals surface area contributed by atoms with E-state index in [2.05, 4.69) is 20.4 Å². The van der Waals surface area contributed by atoms with Gasteiger partial charge in [-0.05, 0) is 41.5 Å². The maximum absolute atomic E-state index is 13.4. The zero-order valence-corrected chi connectivity index (χ0v) is 17.4. The molecule has 33 heavy (non-hydrogen) atoms. The first kappa shape index (κ1) is 21.1. The quantitative estimate of drug-likeness (QED) is 0.618. The molecule has 0 bridgehead atoms. The van der Waals surface area contributed by atoms with Crippen molar-refractivity contribution in [2.75, 3.05) is 11.9 Å². The number of pyridine rings is 1. The third-order valence-corrected chi connectivity index (χ3v) is 5.91. The zero-order valence-electron chi connectivity index (χ0n) is 17.4. The molecule has 1 unspecified atom stereocenters. The summed E-state index contributed by atoms with van der Waals surface area (Å²) < 4.78 is 47.6. The van der Waals surface area contributed by atoms with Crippen LogP contribution < -0.4 is 20.1 Å². The van der Waals surface area contributed by atoms with Crippen LogP contribution in [0.5, 0.6) is 11.5 Å². The Bertz CT molecular complexity index is 1160. The van der Waals surface area contributed by atoms with Gasteiger partial charge >= 0.3 is 6.36 Å². The van der Waals surface area contributed by atoms with E-state index in [0.29, 0.717) is 36.5 Å². The number of nitrogens with one attached hydrogen (secondary N) is 2. The Labute approximate surface area is 187 Å². The maximum atomic E-state index is 13.4. The van der Waals surface area contributed by atoms with Crippen molar-refractivity contribution >= 4 is 11.6 Å². The number of alkyl halides is 3. The van der Waals surface area contributed by atoms with Crippen molar-refractivity contribution in [3.8, 4) is 11.5 Å². The van der Waals surface area contributed by atoms with E-state index in [1.807, 2.05) is 24.3 Å². The van der Waals surface area contributed by atoms with Crippen molar-refractivity contribution in [1.82, 2.24) is 10.3 Å². The fraction of sp³-hybridized carbons (Fsp3) is 0.250. The van der Waals surface area contributed by atoms with Crippen molar-refractivity contribution in [2.24, 2.45) is 0 Å². The number of carbonyl (C=O) groups excluding carboxylic acids is 1. The molecule has 2 aromatic carbocycles. The van der Waals surface area contributed by atoms with Gasteiger partial charge in [-0.2, -0.15) is 0 Å². The molecule has 5 rings (SSSR count). The third-order valence-electron chi connectivity index (χ3n) is 5.91. The molecule has 1 aromatic heterocycles. The second-order valence-electron chi connectivity index (χ2n) is 7.97. The Morgan fingerprint density at radius 2 is 1.91 bits per heavy atom. The third kappa shape index (κ3) is 4.06. The minimum atomic E-state index is -4.79. The summed E-state index contributed by atoms with van der Waals surface area (Å²) in [6, 6.07) is 16.2. The SMILES string of the molecule is O=C(N[C@]1(c2ccc(OC(F)(F)F)cc2)CCOc2cccnc21)C1Cc2ccccc2N1. The molecule has 0 saturated heterocycles. The van der Waals surface area contributed by atoms with Gasteiger partial charge in [0.05, 0.1) is 6.61 Å². The first-order valence-corrected chi connectivity index (χ1v) is 10.5. The highest BCUT2D eigenvalue weighted by atomic mass is 19.4. The summed E-state index contributed by atoms with van der Waals surface area (Å²) in [5.41, 5.74) is 1.98. The van der Waals surface area contributed by atoms with Gasteiger partial charge in [-0.3, -0.25) is 9.78 Å². The standard InChI is InChI=1S/C24H20F3N3O3/c25-24(26,27)33-17-9-7-16(8-10-17)23(11-13-32-20-6-3-12-28-21(20)23)30-22(31)19-14-15-4-1-2-5-18(15)29-19/h1-10,12,19,29H,11,13-14H2,(H,30,31)/t19?,23-/m0/s1. The van der Waals surface area contributed by atoms with Crippen molar-refractivity contribution in [3.05, 3.63) is 83.7 Å². The van der Waals surface area contributed by atoms with Crippen LogP contribution in [0.25, 0.3) is 0 Å². The Morgan fingerprint density at radius 1 is 1.12 bits per heavy atom. The monoisotopic (exact) mass is 455 g/mol. The van der Waals surface area contributed by atoms with Crippen LogP contribution in [0.4, 0.5) is 18.9 Å². The number of aromatic nitrogens is 1. The number of para-hydroxylation sites is 1. The van der Waals surface area contributed by atoms with E-state index in [4.69, 9.17) is 4.74 Å². The molecule has 2 N–H and O–H groups in total. The van der Waals surface area contributed by atoms with Crippen molar-refractivity contribution in [1.29, 1.82) is 0 Å². The number of hydrogen-bond acceptors (Lipinski definition) is 5. The minimum Gasteiger partial charge on any atom is -0.491 e. The topological polar surface area (TPSA) is 72.5 Å². The van der Waals surface area contributed by atoms with Crippen LogP contribution in [0.15, 0.2) is 66.9 Å². The molecule has 170 valence electrons. The normalized spacial score (nSPS) is 21.2. The van der Waals surface area contributed by atoms with Crippen molar-refractivity contribution < 1.29 is 27.4 Å². The van der Waals surface area contributed by atoms with Gasteiger partial charge in [-0.1, -0.05) is 30.3 Å². The lowest BCUT2D eigenvalue weighted by Crippen LogP contribution is -2.54. The number of nitrogens with zero attached hydrogens (tertiary/aromatic N) is 1. The fourth-order valence-corrected chi connectivity index (χ4v) is 4.43. The number of benzene rings is 2. The average Bonchev–Trinajstić information content (AvgIpc) is 3.23. The zero-order chi connectivity index (χ0) is 23.1. The molecule has 0 saturated carbocycles. The van der Waals surface area contributed by atoms with Crippen molar-refractivity contribution in [2.45, 2.75) is 30.8 Å². The van der Waals surface area contributed by atoms with Crippen LogP contribution in [0, 0.1) is 0 Å². The Morgan fingerprint density at radius 3 is 2.67 bits per heavy atom. The summed E-state index contributed by atoms with van der Waals surface area (Å²) in [5.74, 6) is -0.0587. The van der Waals surface area contributed by atoms with Crippen LogP contribution in [0.1, 0.15) is 23.2 Å². The number of hydrogen-bond donors (Lipinski definition) is 2. The van der Waals surface area contributed by atoms with E-state index < -0.39 is 17.9 Å². The summed E-state index contributed by atoms with van der Waals surface area (Å²) >= 11 is 0. The second-order valence-corrected chi connectivity index (χ2v) is 7.97. The second kappa shape index (κ2) is 7.99. The number of ether oxygens (including phenoxy) is 2. The lowest BCUT2D eigenvalue weighted by atomic mass is 9.81. The lowest BCUT2D eigenvalue weighted by molar-refractivity contribution is -0.274. The minimum absolute atomic E-state index is 0.236. The van der Waals surface area contributed by atoms with Gasteiger partial charge in [0.25, 0.3) is 0 Å². The molecule has 3 aromatic rings. The fourth-order valence-electron chi connectivity index (χ4n) is 4.43. The van der Waals surface area contributed by atoms with Crippen LogP contribution >= 0.6 is 0 Å². The number of anilines is 1. The van der Waals surface area contributed by atoms with E-state index in [1.165, 1.54) is 24.3 Å². The van der Waals surface area contributed by atoms with Gasteiger partial charge in [0.1, 0.15) is 28.8 Å². The molecule has 0 aliphatic carbocycles. The molecular formula is C24H20F3N3O3. The molecule has 2 aliphatic rings. The first-order chi connectivity index (χ1) is 15.8. The summed E-state index contributed by atoms with van der Waals surface area (Å²) in [6.07, 6.45) is -2.30. The molecular weight excluding hydrogens is 435 g/mol. The molecule has 0 radical (unpaired) electrons. The summed E-state index contributed by atoms with van der Waals surface area (Å²) in [7, 11) is 0. The van der Waals surface area contributed by atoms with Gasteiger partial charge in [0.2, 0.25) is 5.91 Å². The Balaban J connectivity index is 1.49. The van der Waals surface area contributed by atoms with Gasteiger partial charge in [0, 0.05) is 24.7 Å². The molecule has 9 heteroatoms. The predicted molar refractivity (Wildman–Crippen MR) is 114 cm³/mol. The first-order valence-electron chi connectivity index (χ1n) is 10.5. The molecule has 2 aliphatic heterocycles. The molecule has 0 spiro atoms. The number of amides is 1. The van der Waals surface area contributed by atoms with E-state index in [-0.39, 0.29) is 11.7 Å². The van der Waals surface area contributed by atoms with Gasteiger partial charge in [-0.15, -0.1) is 13.2 Å². The lowest BCUT2D eigenvalue weighted by Gasteiger charge is -2.39. The molecule has 0 fully saturated rings. The largest absolute Gasteiger partial charge is 0.573 e. The Hall–Kier alpha value is -3.75. The highest BCUT2D eigenvalue weighted by Crippen LogP contribution is 2.41. The van der Waals surface area contributed by atoms with Crippen LogP contribution in [-0.4, -0.2) is 29.9 Å². The van der Waals surface area contributed by atoms with Crippen LogP contribution in [-0.2, 0) is 16.8 Å². The number of fused-ring (bicyclic) bond motifs is 2. The molecule has 1 amide bonds. The Kier molecular flexibility index (Phi) is 5.11. The smallest absolute Gasteiger partial charge is 0.491 e. The van der Waals surface area contributed by atoms with Crippen LogP contribution in [0.3, 0.4) is 0 Å². The van der Waals surface area contributed by atoms with Gasteiger partial charge in [-0.25, -0.2) is 0 Å². The molecule has 6 nitrogen and oxygen atoms in total. The maximum Gasteiger partial charge on any atom is 0.573 e. The van der Waals surface area contributed by atoms with E-state index in [0.717, 1.165) is 11.3 Å². The summed E-state index contributed by atoms with van der Waals surface area (Å²) in [4.78, 5) is 17.9. The van der Waals surface area contributed by atoms with Crippen LogP contribution in [0.2, 0.25) is 0 Å². The molecule has 2 atom stereocenters. The molecule has 3 heterocycles. The highest BCUT2D eigenvalue weighted by Gasteiger charge is 2.44. The summed E-state index contributed by atoms with van der Waals surface area (Å²) in [5, 5.41) is 6.39. The average molecular weight is 455 g/mol. The van der Waals surface area contributed by atoms with Gasteiger partial charge < -0.3 is 20.1 Å². The number of rotatable bonds is 4.